The number of nitrogens with zero attached hydrogens (tertiary/aromatic N) is 1. The number of amides is 1. The summed E-state index contributed by atoms with van der Waals surface area (Å²) in [4.78, 5) is 22.2. The van der Waals surface area contributed by atoms with Crippen molar-refractivity contribution in [3.63, 3.8) is 0 Å². The molecule has 0 radical (unpaired) electrons. The largest absolute Gasteiger partial charge is 0.379 e. The van der Waals surface area contributed by atoms with E-state index in [4.69, 9.17) is 0 Å². The number of nitrogens with one attached hydrogen (secondary N) is 3. The summed E-state index contributed by atoms with van der Waals surface area (Å²) in [6, 6.07) is 6.43. The zero-order chi connectivity index (χ0) is 15.8. The molecular weight excluding hydrogens is 284 g/mol. The molecule has 1 heterocycles. The van der Waals surface area contributed by atoms with Gasteiger partial charge < -0.3 is 16.0 Å². The van der Waals surface area contributed by atoms with Gasteiger partial charge in [0.25, 0.3) is 5.69 Å². The molecule has 3 N–H and O–H groups in total. The van der Waals surface area contributed by atoms with Crippen molar-refractivity contribution in [1.29, 1.82) is 0 Å². The lowest BCUT2D eigenvalue weighted by atomic mass is 10.00. The van der Waals surface area contributed by atoms with Gasteiger partial charge in [-0.3, -0.25) is 14.9 Å². The molecular formula is C15H22N4O3. The van der Waals surface area contributed by atoms with E-state index in [1.165, 1.54) is 6.07 Å². The number of carbonyl (C=O) groups excluding carboxylic acids is 1. The van der Waals surface area contributed by atoms with Crippen molar-refractivity contribution in [2.75, 3.05) is 31.5 Å². The van der Waals surface area contributed by atoms with Gasteiger partial charge in [-0.25, -0.2) is 0 Å². The number of piperidine rings is 1. The molecule has 0 saturated carbocycles. The fraction of sp³-hybridized carbons (Fsp3) is 0.533. The Morgan fingerprint density at radius 2 is 2.23 bits per heavy atom. The zero-order valence-corrected chi connectivity index (χ0v) is 12.5. The summed E-state index contributed by atoms with van der Waals surface area (Å²) in [5.74, 6) is 0.470. The number of hydrogen-bond acceptors (Lipinski definition) is 5. The van der Waals surface area contributed by atoms with Crippen LogP contribution in [-0.2, 0) is 4.79 Å². The predicted octanol–water partition coefficient (Wildman–Crippen LogP) is 1.51. The molecule has 7 heteroatoms. The summed E-state index contributed by atoms with van der Waals surface area (Å²) in [6.07, 6.45) is 2.59. The molecule has 22 heavy (non-hydrogen) atoms. The third kappa shape index (κ3) is 5.00. The summed E-state index contributed by atoms with van der Waals surface area (Å²) in [5, 5.41) is 20.1. The Kier molecular flexibility index (Phi) is 6.14. The number of para-hydroxylation sites is 2. The minimum atomic E-state index is -0.432. The van der Waals surface area contributed by atoms with E-state index >= 15 is 0 Å². The second kappa shape index (κ2) is 8.33. The summed E-state index contributed by atoms with van der Waals surface area (Å²) in [6.45, 7) is 3.08. The minimum absolute atomic E-state index is 0.0242. The van der Waals surface area contributed by atoms with Crippen LogP contribution in [-0.4, -0.2) is 37.0 Å². The summed E-state index contributed by atoms with van der Waals surface area (Å²) >= 11 is 0. The van der Waals surface area contributed by atoms with Gasteiger partial charge in [0.1, 0.15) is 5.69 Å². The molecule has 1 aliphatic heterocycles. The van der Waals surface area contributed by atoms with Gasteiger partial charge in [-0.1, -0.05) is 12.1 Å². The molecule has 1 unspecified atom stereocenters. The summed E-state index contributed by atoms with van der Waals surface area (Å²) in [7, 11) is 0. The lowest BCUT2D eigenvalue weighted by Crippen LogP contribution is -2.38. The van der Waals surface area contributed by atoms with Crippen LogP contribution in [0, 0.1) is 16.0 Å². The van der Waals surface area contributed by atoms with E-state index in [0.29, 0.717) is 31.1 Å². The van der Waals surface area contributed by atoms with Crippen LogP contribution in [0.5, 0.6) is 0 Å². The van der Waals surface area contributed by atoms with Gasteiger partial charge in [0.05, 0.1) is 4.92 Å². The van der Waals surface area contributed by atoms with E-state index in [2.05, 4.69) is 16.0 Å². The SMILES string of the molecule is O=C(CCNc1ccccc1[N+](=O)[O-])NCC1CCCNC1. The Morgan fingerprint density at radius 1 is 1.41 bits per heavy atom. The van der Waals surface area contributed by atoms with Crippen LogP contribution in [0.15, 0.2) is 24.3 Å². The van der Waals surface area contributed by atoms with Gasteiger partial charge in [-0.2, -0.15) is 0 Å². The number of anilines is 1. The minimum Gasteiger partial charge on any atom is -0.379 e. The second-order valence-corrected chi connectivity index (χ2v) is 5.47. The molecule has 1 aromatic carbocycles. The number of benzene rings is 1. The topological polar surface area (TPSA) is 96.3 Å². The molecule has 1 aromatic rings. The highest BCUT2D eigenvalue weighted by atomic mass is 16.6. The Balaban J connectivity index is 1.69. The first-order chi connectivity index (χ1) is 10.7. The van der Waals surface area contributed by atoms with Crippen LogP contribution in [0.2, 0.25) is 0 Å². The van der Waals surface area contributed by atoms with Crippen molar-refractivity contribution in [2.45, 2.75) is 19.3 Å². The van der Waals surface area contributed by atoms with E-state index in [1.54, 1.807) is 18.2 Å². The maximum absolute atomic E-state index is 11.8. The molecule has 0 aromatic heterocycles. The van der Waals surface area contributed by atoms with Crippen molar-refractivity contribution in [1.82, 2.24) is 10.6 Å². The Morgan fingerprint density at radius 3 is 2.95 bits per heavy atom. The van der Waals surface area contributed by atoms with Gasteiger partial charge in [0, 0.05) is 25.6 Å². The normalized spacial score (nSPS) is 17.7. The highest BCUT2D eigenvalue weighted by molar-refractivity contribution is 5.76. The van der Waals surface area contributed by atoms with Gasteiger partial charge in [-0.05, 0) is 37.9 Å². The number of carbonyl (C=O) groups is 1. The molecule has 2 rings (SSSR count). The van der Waals surface area contributed by atoms with Gasteiger partial charge in [-0.15, -0.1) is 0 Å². The fourth-order valence-corrected chi connectivity index (χ4v) is 2.54. The Hall–Kier alpha value is -2.15. The zero-order valence-electron chi connectivity index (χ0n) is 12.5. The van der Waals surface area contributed by atoms with Gasteiger partial charge >= 0.3 is 0 Å². The van der Waals surface area contributed by atoms with Gasteiger partial charge in [0.15, 0.2) is 0 Å². The first-order valence-electron chi connectivity index (χ1n) is 7.61. The molecule has 1 saturated heterocycles. The average molecular weight is 306 g/mol. The lowest BCUT2D eigenvalue weighted by molar-refractivity contribution is -0.384. The highest BCUT2D eigenvalue weighted by Gasteiger charge is 2.14. The second-order valence-electron chi connectivity index (χ2n) is 5.47. The molecule has 0 aliphatic carbocycles. The van der Waals surface area contributed by atoms with E-state index in [0.717, 1.165) is 25.9 Å². The molecule has 1 amide bonds. The lowest BCUT2D eigenvalue weighted by Gasteiger charge is -2.22. The van der Waals surface area contributed by atoms with Crippen molar-refractivity contribution in [2.24, 2.45) is 5.92 Å². The van der Waals surface area contributed by atoms with E-state index < -0.39 is 4.92 Å². The highest BCUT2D eigenvalue weighted by Crippen LogP contribution is 2.22. The maximum atomic E-state index is 11.8. The van der Waals surface area contributed by atoms with Crippen LogP contribution in [0.25, 0.3) is 0 Å². The van der Waals surface area contributed by atoms with Crippen LogP contribution < -0.4 is 16.0 Å². The van der Waals surface area contributed by atoms with Gasteiger partial charge in [0.2, 0.25) is 5.91 Å². The van der Waals surface area contributed by atoms with Crippen molar-refractivity contribution in [3.05, 3.63) is 34.4 Å². The average Bonchev–Trinajstić information content (AvgIpc) is 2.54. The molecule has 7 nitrogen and oxygen atoms in total. The molecule has 1 aliphatic rings. The standard InChI is InChI=1S/C15H22N4O3/c20-15(18-11-12-4-3-8-16-10-12)7-9-17-13-5-1-2-6-14(13)19(21)22/h1-2,5-6,12,16-17H,3-4,7-11H2,(H,18,20). The molecule has 1 fully saturated rings. The van der Waals surface area contributed by atoms with E-state index in [-0.39, 0.29) is 11.6 Å². The Bertz CT molecular complexity index is 515. The summed E-state index contributed by atoms with van der Waals surface area (Å²) in [5.41, 5.74) is 0.466. The van der Waals surface area contributed by atoms with Crippen molar-refractivity contribution in [3.8, 4) is 0 Å². The number of hydrogen-bond donors (Lipinski definition) is 3. The number of nitro groups is 1. The number of rotatable bonds is 7. The van der Waals surface area contributed by atoms with Crippen LogP contribution in [0.4, 0.5) is 11.4 Å². The van der Waals surface area contributed by atoms with E-state index in [9.17, 15) is 14.9 Å². The first kappa shape index (κ1) is 16.2. The third-order valence-electron chi connectivity index (χ3n) is 3.76. The smallest absolute Gasteiger partial charge is 0.292 e. The number of nitro benzene ring substituents is 1. The van der Waals surface area contributed by atoms with Crippen molar-refractivity contribution >= 4 is 17.3 Å². The van der Waals surface area contributed by atoms with Crippen molar-refractivity contribution < 1.29 is 9.72 Å². The van der Waals surface area contributed by atoms with Crippen LogP contribution in [0.3, 0.4) is 0 Å². The molecule has 0 bridgehead atoms. The maximum Gasteiger partial charge on any atom is 0.292 e. The van der Waals surface area contributed by atoms with Crippen LogP contribution >= 0.6 is 0 Å². The van der Waals surface area contributed by atoms with Crippen LogP contribution in [0.1, 0.15) is 19.3 Å². The monoisotopic (exact) mass is 306 g/mol. The quantitative estimate of drug-likeness (QED) is 0.524. The van der Waals surface area contributed by atoms with E-state index in [1.807, 2.05) is 0 Å². The first-order valence-corrected chi connectivity index (χ1v) is 7.61. The molecule has 120 valence electrons. The Labute approximate surface area is 129 Å². The predicted molar refractivity (Wildman–Crippen MR) is 84.8 cm³/mol. The fourth-order valence-electron chi connectivity index (χ4n) is 2.54. The third-order valence-corrected chi connectivity index (χ3v) is 3.76. The summed E-state index contributed by atoms with van der Waals surface area (Å²) < 4.78 is 0. The molecule has 1 atom stereocenters. The molecule has 0 spiro atoms.